The number of benzene rings is 2. The van der Waals surface area contributed by atoms with Crippen LogP contribution in [0.15, 0.2) is 58.3 Å². The van der Waals surface area contributed by atoms with Crippen LogP contribution in [-0.4, -0.2) is 53.1 Å². The van der Waals surface area contributed by atoms with Gasteiger partial charge in [-0.1, -0.05) is 6.07 Å². The molecule has 5 N–H and O–H groups in total. The summed E-state index contributed by atoms with van der Waals surface area (Å²) in [7, 11) is 0. The number of hydrogen-bond acceptors (Lipinski definition) is 7. The van der Waals surface area contributed by atoms with Crippen LogP contribution in [0.1, 0.15) is 11.1 Å². The number of morpholine rings is 1. The quantitative estimate of drug-likeness (QED) is 0.433. The van der Waals surface area contributed by atoms with E-state index in [1.165, 1.54) is 11.0 Å². The number of pyridine rings is 1. The van der Waals surface area contributed by atoms with Gasteiger partial charge in [-0.2, -0.15) is 0 Å². The lowest BCUT2D eigenvalue weighted by Crippen LogP contribution is -2.55. The highest BCUT2D eigenvalue weighted by Gasteiger charge is 2.39. The van der Waals surface area contributed by atoms with Gasteiger partial charge >= 0.3 is 0 Å². The van der Waals surface area contributed by atoms with Gasteiger partial charge in [-0.05, 0) is 47.3 Å². The maximum absolute atomic E-state index is 13.1. The lowest BCUT2D eigenvalue weighted by molar-refractivity contribution is -0.150. The molecule has 0 radical (unpaired) electrons. The topological polar surface area (TPSA) is 150 Å². The molecule has 0 spiro atoms. The maximum atomic E-state index is 13.1. The molecule has 0 unspecified atom stereocenters. The summed E-state index contributed by atoms with van der Waals surface area (Å²) in [5, 5.41) is 14.0. The van der Waals surface area contributed by atoms with Crippen LogP contribution in [0, 0.1) is 0 Å². The van der Waals surface area contributed by atoms with Crippen LogP contribution in [0.2, 0.25) is 0 Å². The molecular weight excluding hydrogens is 462 g/mol. The second-order valence-corrected chi connectivity index (χ2v) is 7.88. The second kappa shape index (κ2) is 9.26. The van der Waals surface area contributed by atoms with Crippen LogP contribution in [0.5, 0.6) is 0 Å². The van der Waals surface area contributed by atoms with E-state index in [1.807, 2.05) is 0 Å². The number of aliphatic hydroxyl groups excluding tert-OH is 1. The monoisotopic (exact) mass is 483 g/mol. The minimum Gasteiger partial charge on any atom is -0.383 e. The van der Waals surface area contributed by atoms with Crippen molar-refractivity contribution < 1.29 is 19.4 Å². The van der Waals surface area contributed by atoms with Gasteiger partial charge in [-0.15, -0.1) is 12.4 Å². The number of halogens is 1. The fourth-order valence-electron chi connectivity index (χ4n) is 4.06. The average Bonchev–Trinajstić information content (AvgIpc) is 3.18. The Hall–Kier alpha value is -3.73. The maximum Gasteiger partial charge on any atom is 0.259 e. The van der Waals surface area contributed by atoms with Crippen LogP contribution in [0.25, 0.3) is 10.9 Å². The van der Waals surface area contributed by atoms with Crippen molar-refractivity contribution in [1.29, 1.82) is 0 Å². The minimum absolute atomic E-state index is 0. The Bertz CT molecular complexity index is 1370. The molecule has 5 rings (SSSR count). The van der Waals surface area contributed by atoms with E-state index in [4.69, 9.17) is 10.5 Å². The van der Waals surface area contributed by atoms with Gasteiger partial charge in [0.1, 0.15) is 5.84 Å². The molecule has 1 aromatic heterocycles. The fourth-order valence-corrected chi connectivity index (χ4v) is 4.06. The number of hydrogen-bond donors (Lipinski definition) is 4. The third-order valence-electron chi connectivity index (χ3n) is 5.77. The molecule has 2 aliphatic heterocycles. The standard InChI is InChI=1S/C23H21N5O5.ClH/c24-21-16-5-3-14(9-13(16)11-25-21)26-22(31)19(30)20-23(32)28(7-8-33-20)15-4-1-12-2-6-18(29)27-17(12)10-15;/h1-6,9-10,19-20,30H,7-8,11H2,(H2,24,25)(H,26,31)(H,27,29);1H/t19-,20-;/m1./s1. The van der Waals surface area contributed by atoms with Gasteiger partial charge in [0.25, 0.3) is 11.8 Å². The SMILES string of the molecule is Cl.NC1=NCc2cc(NC(=O)[C@H](O)[C@H]3OCCN(c4ccc5ccc(=O)[nH]c5c4)C3=O)ccc21. The van der Waals surface area contributed by atoms with Crippen LogP contribution >= 0.6 is 12.4 Å². The van der Waals surface area contributed by atoms with Gasteiger partial charge in [0, 0.05) is 29.5 Å². The molecular formula is C23H22ClN5O5. The first-order chi connectivity index (χ1) is 15.9. The van der Waals surface area contributed by atoms with Gasteiger partial charge in [0.05, 0.1) is 18.7 Å². The zero-order valence-electron chi connectivity index (χ0n) is 17.9. The van der Waals surface area contributed by atoms with E-state index in [1.54, 1.807) is 42.5 Å². The van der Waals surface area contributed by atoms with Gasteiger partial charge in [0.15, 0.2) is 12.2 Å². The highest BCUT2D eigenvalue weighted by Crippen LogP contribution is 2.25. The van der Waals surface area contributed by atoms with E-state index in [2.05, 4.69) is 15.3 Å². The molecule has 0 aliphatic carbocycles. The lowest BCUT2D eigenvalue weighted by Gasteiger charge is -2.34. The van der Waals surface area contributed by atoms with E-state index >= 15 is 0 Å². The number of H-pyrrole nitrogens is 1. The Morgan fingerprint density at radius 2 is 2.00 bits per heavy atom. The smallest absolute Gasteiger partial charge is 0.259 e. The van der Waals surface area contributed by atoms with E-state index < -0.39 is 24.0 Å². The van der Waals surface area contributed by atoms with Crippen molar-refractivity contribution in [2.24, 2.45) is 10.7 Å². The van der Waals surface area contributed by atoms with E-state index in [0.29, 0.717) is 29.3 Å². The van der Waals surface area contributed by atoms with Crippen molar-refractivity contribution in [1.82, 2.24) is 4.98 Å². The van der Waals surface area contributed by atoms with Gasteiger partial charge < -0.3 is 30.8 Å². The number of amides is 2. The normalized spacial score (nSPS) is 18.1. The molecule has 2 amide bonds. The first-order valence-corrected chi connectivity index (χ1v) is 10.4. The Balaban J connectivity index is 0.00000274. The number of aliphatic hydroxyl groups is 1. The van der Waals surface area contributed by atoms with Gasteiger partial charge in [0.2, 0.25) is 5.56 Å². The molecule has 176 valence electrons. The van der Waals surface area contributed by atoms with Crippen LogP contribution in [0.4, 0.5) is 11.4 Å². The number of carbonyl (C=O) groups excluding carboxylic acids is 2. The highest BCUT2D eigenvalue weighted by molar-refractivity contribution is 6.05. The summed E-state index contributed by atoms with van der Waals surface area (Å²) in [6, 6.07) is 13.5. The van der Waals surface area contributed by atoms with Crippen LogP contribution < -0.4 is 21.5 Å². The molecule has 11 heteroatoms. The van der Waals surface area contributed by atoms with Crippen molar-refractivity contribution >= 4 is 52.3 Å². The number of nitrogens with one attached hydrogen (secondary N) is 2. The van der Waals surface area contributed by atoms with Crippen molar-refractivity contribution in [2.45, 2.75) is 18.8 Å². The van der Waals surface area contributed by atoms with Crippen LogP contribution in [0.3, 0.4) is 0 Å². The fraction of sp³-hybridized carbons (Fsp3) is 0.217. The number of carbonyl (C=O) groups is 2. The molecule has 3 aromatic rings. The van der Waals surface area contributed by atoms with Crippen molar-refractivity contribution in [3.05, 3.63) is 70.0 Å². The number of nitrogens with two attached hydrogens (primary N) is 1. The number of aromatic nitrogens is 1. The van der Waals surface area contributed by atoms with Crippen molar-refractivity contribution in [3.63, 3.8) is 0 Å². The number of aliphatic imine (C=N–C) groups is 1. The summed E-state index contributed by atoms with van der Waals surface area (Å²) >= 11 is 0. The molecule has 34 heavy (non-hydrogen) atoms. The zero-order chi connectivity index (χ0) is 23.1. The third-order valence-corrected chi connectivity index (χ3v) is 5.77. The van der Waals surface area contributed by atoms with Crippen molar-refractivity contribution in [3.8, 4) is 0 Å². The van der Waals surface area contributed by atoms with E-state index in [0.717, 1.165) is 16.5 Å². The minimum atomic E-state index is -1.71. The molecule has 10 nitrogen and oxygen atoms in total. The highest BCUT2D eigenvalue weighted by atomic mass is 35.5. The first kappa shape index (κ1) is 23.4. The predicted octanol–water partition coefficient (Wildman–Crippen LogP) is 0.900. The first-order valence-electron chi connectivity index (χ1n) is 10.4. The molecule has 1 fully saturated rings. The summed E-state index contributed by atoms with van der Waals surface area (Å²) < 4.78 is 5.46. The predicted molar refractivity (Wildman–Crippen MR) is 129 cm³/mol. The number of nitrogens with zero attached hydrogens (tertiary/aromatic N) is 2. The van der Waals surface area contributed by atoms with E-state index in [9.17, 15) is 19.5 Å². The molecule has 2 aromatic carbocycles. The average molecular weight is 484 g/mol. The number of anilines is 2. The summed E-state index contributed by atoms with van der Waals surface area (Å²) in [6.07, 6.45) is -3.08. The Morgan fingerprint density at radius 3 is 2.82 bits per heavy atom. The van der Waals surface area contributed by atoms with Gasteiger partial charge in [-0.25, -0.2) is 0 Å². The molecule has 2 aliphatic rings. The molecule has 2 atom stereocenters. The lowest BCUT2D eigenvalue weighted by atomic mass is 10.1. The largest absolute Gasteiger partial charge is 0.383 e. The second-order valence-electron chi connectivity index (χ2n) is 7.88. The summed E-state index contributed by atoms with van der Waals surface area (Å²) in [5.74, 6) is -0.858. The van der Waals surface area contributed by atoms with Crippen molar-refractivity contribution in [2.75, 3.05) is 23.4 Å². The number of ether oxygens (including phenoxy) is 1. The van der Waals surface area contributed by atoms with E-state index in [-0.39, 0.29) is 31.1 Å². The Morgan fingerprint density at radius 1 is 1.21 bits per heavy atom. The molecule has 0 bridgehead atoms. The molecule has 0 saturated carbocycles. The third kappa shape index (κ3) is 4.26. The Labute approximate surface area is 199 Å². The summed E-state index contributed by atoms with van der Waals surface area (Å²) in [6.45, 7) is 0.807. The number of aromatic amines is 1. The number of fused-ring (bicyclic) bond motifs is 2. The van der Waals surface area contributed by atoms with Crippen LogP contribution in [-0.2, 0) is 20.9 Å². The number of amidine groups is 1. The number of rotatable bonds is 4. The molecule has 3 heterocycles. The summed E-state index contributed by atoms with van der Waals surface area (Å²) in [4.78, 5) is 45.7. The zero-order valence-corrected chi connectivity index (χ0v) is 18.7. The Kier molecular flexibility index (Phi) is 6.38. The summed E-state index contributed by atoms with van der Waals surface area (Å²) in [5.41, 5.74) is 8.80. The van der Waals surface area contributed by atoms with Gasteiger partial charge in [-0.3, -0.25) is 19.4 Å². The molecule has 1 saturated heterocycles.